The molecule has 1 saturated heterocycles. The first-order chi connectivity index (χ1) is 15.7. The Morgan fingerprint density at radius 1 is 1.00 bits per heavy atom. The van der Waals surface area contributed by atoms with Crippen molar-refractivity contribution in [1.29, 1.82) is 5.26 Å². The monoisotopic (exact) mass is 425 g/mol. The summed E-state index contributed by atoms with van der Waals surface area (Å²) in [6.45, 7) is 2.30. The third-order valence-corrected chi connectivity index (χ3v) is 6.08. The molecule has 0 unspecified atom stereocenters. The fourth-order valence-corrected chi connectivity index (χ4v) is 4.30. The zero-order valence-corrected chi connectivity index (χ0v) is 18.0. The normalized spacial score (nSPS) is 14.2. The predicted molar refractivity (Wildman–Crippen MR) is 124 cm³/mol. The van der Waals surface area contributed by atoms with Crippen molar-refractivity contribution in [3.63, 3.8) is 0 Å². The van der Waals surface area contributed by atoms with E-state index in [2.05, 4.69) is 50.5 Å². The van der Waals surface area contributed by atoms with Gasteiger partial charge in [0, 0.05) is 44.4 Å². The van der Waals surface area contributed by atoms with E-state index in [9.17, 15) is 10.1 Å². The van der Waals surface area contributed by atoms with E-state index in [0.717, 1.165) is 37.1 Å². The highest BCUT2D eigenvalue weighted by atomic mass is 16.1. The van der Waals surface area contributed by atoms with Crippen LogP contribution < -0.4 is 10.2 Å². The van der Waals surface area contributed by atoms with E-state index in [4.69, 9.17) is 0 Å². The SMILES string of the molecule is N#Cc1nccnc1N1CCC(CNC(=O)CC(c2ccccc2)c2ccccc2)CC1. The van der Waals surface area contributed by atoms with E-state index in [1.54, 1.807) is 12.4 Å². The Morgan fingerprint density at radius 3 is 2.19 bits per heavy atom. The first-order valence-electron chi connectivity index (χ1n) is 11.1. The lowest BCUT2D eigenvalue weighted by Gasteiger charge is -2.33. The van der Waals surface area contributed by atoms with Gasteiger partial charge in [0.1, 0.15) is 6.07 Å². The van der Waals surface area contributed by atoms with E-state index in [1.165, 1.54) is 0 Å². The fourth-order valence-electron chi connectivity index (χ4n) is 4.30. The second-order valence-electron chi connectivity index (χ2n) is 8.15. The van der Waals surface area contributed by atoms with Crippen LogP contribution in [0.2, 0.25) is 0 Å². The average molecular weight is 426 g/mol. The first kappa shape index (κ1) is 21.5. The number of aromatic nitrogens is 2. The van der Waals surface area contributed by atoms with Crippen LogP contribution >= 0.6 is 0 Å². The molecule has 0 radical (unpaired) electrons. The molecule has 1 fully saturated rings. The first-order valence-corrected chi connectivity index (χ1v) is 11.1. The van der Waals surface area contributed by atoms with E-state index in [0.29, 0.717) is 30.4 Å². The largest absolute Gasteiger partial charge is 0.356 e. The highest BCUT2D eigenvalue weighted by Gasteiger charge is 2.24. The van der Waals surface area contributed by atoms with Gasteiger partial charge in [-0.1, -0.05) is 60.7 Å². The van der Waals surface area contributed by atoms with E-state index in [-0.39, 0.29) is 11.8 Å². The molecule has 0 aliphatic carbocycles. The van der Waals surface area contributed by atoms with Gasteiger partial charge in [0.15, 0.2) is 11.5 Å². The molecule has 6 nitrogen and oxygen atoms in total. The molecule has 1 aliphatic heterocycles. The number of carbonyl (C=O) groups is 1. The van der Waals surface area contributed by atoms with Crippen LogP contribution in [0.3, 0.4) is 0 Å². The maximum absolute atomic E-state index is 12.8. The summed E-state index contributed by atoms with van der Waals surface area (Å²) in [6.07, 6.45) is 5.49. The average Bonchev–Trinajstić information content (AvgIpc) is 2.87. The summed E-state index contributed by atoms with van der Waals surface area (Å²) in [5, 5.41) is 12.4. The van der Waals surface area contributed by atoms with Crippen LogP contribution in [0, 0.1) is 17.2 Å². The summed E-state index contributed by atoms with van der Waals surface area (Å²) >= 11 is 0. The quantitative estimate of drug-likeness (QED) is 0.621. The second kappa shape index (κ2) is 10.5. The molecule has 1 aromatic heterocycles. The minimum Gasteiger partial charge on any atom is -0.356 e. The number of piperidine rings is 1. The number of carbonyl (C=O) groups excluding carboxylic acids is 1. The van der Waals surface area contributed by atoms with Crippen molar-refractivity contribution in [1.82, 2.24) is 15.3 Å². The van der Waals surface area contributed by atoms with Crippen molar-refractivity contribution in [2.75, 3.05) is 24.5 Å². The summed E-state index contributed by atoms with van der Waals surface area (Å²) in [5.41, 5.74) is 2.67. The summed E-state index contributed by atoms with van der Waals surface area (Å²) in [6, 6.07) is 22.5. The molecule has 0 bridgehead atoms. The number of amides is 1. The Hall–Kier alpha value is -3.72. The Bertz CT molecular complexity index is 1020. The third-order valence-electron chi connectivity index (χ3n) is 6.08. The van der Waals surface area contributed by atoms with Gasteiger partial charge in [-0.3, -0.25) is 4.79 Å². The molecular formula is C26H27N5O. The molecule has 4 rings (SSSR count). The lowest BCUT2D eigenvalue weighted by molar-refractivity contribution is -0.121. The standard InChI is InChI=1S/C26H27N5O/c27-18-24-26(29-14-13-28-24)31-15-11-20(12-16-31)19-30-25(32)17-23(21-7-3-1-4-8-21)22-9-5-2-6-10-22/h1-10,13-14,20,23H,11-12,15-17,19H2,(H,30,32). The minimum absolute atomic E-state index is 0.0419. The Kier molecular flexibility index (Phi) is 7.08. The summed E-state index contributed by atoms with van der Waals surface area (Å²) in [4.78, 5) is 23.4. The number of nitrogens with one attached hydrogen (secondary N) is 1. The van der Waals surface area contributed by atoms with Crippen molar-refractivity contribution in [2.45, 2.75) is 25.2 Å². The van der Waals surface area contributed by atoms with Gasteiger partial charge in [0.25, 0.3) is 0 Å². The maximum atomic E-state index is 12.8. The highest BCUT2D eigenvalue weighted by molar-refractivity contribution is 5.77. The lowest BCUT2D eigenvalue weighted by atomic mass is 9.88. The van der Waals surface area contributed by atoms with Gasteiger partial charge in [-0.2, -0.15) is 5.26 Å². The van der Waals surface area contributed by atoms with Crippen LogP contribution in [0.5, 0.6) is 0 Å². The minimum atomic E-state index is 0.0419. The van der Waals surface area contributed by atoms with Gasteiger partial charge in [-0.25, -0.2) is 9.97 Å². The number of hydrogen-bond donors (Lipinski definition) is 1. The number of hydrogen-bond acceptors (Lipinski definition) is 5. The molecular weight excluding hydrogens is 398 g/mol. The molecule has 1 N–H and O–H groups in total. The third kappa shape index (κ3) is 5.30. The number of rotatable bonds is 7. The highest BCUT2D eigenvalue weighted by Crippen LogP contribution is 2.28. The van der Waals surface area contributed by atoms with Crippen LogP contribution in [-0.4, -0.2) is 35.5 Å². The zero-order chi connectivity index (χ0) is 22.2. The van der Waals surface area contributed by atoms with Gasteiger partial charge in [0.05, 0.1) is 0 Å². The van der Waals surface area contributed by atoms with Crippen molar-refractivity contribution in [2.24, 2.45) is 5.92 Å². The topological polar surface area (TPSA) is 81.9 Å². The fraction of sp³-hybridized carbons (Fsp3) is 0.308. The molecule has 0 spiro atoms. The van der Waals surface area contributed by atoms with E-state index in [1.807, 2.05) is 36.4 Å². The molecule has 6 heteroatoms. The van der Waals surface area contributed by atoms with Gasteiger partial charge in [0.2, 0.25) is 5.91 Å². The Morgan fingerprint density at radius 2 is 1.59 bits per heavy atom. The molecule has 2 aromatic carbocycles. The molecule has 0 atom stereocenters. The van der Waals surface area contributed by atoms with Crippen LogP contribution in [0.1, 0.15) is 42.0 Å². The summed E-state index contributed by atoms with van der Waals surface area (Å²) in [5.74, 6) is 1.20. The molecule has 1 amide bonds. The van der Waals surface area contributed by atoms with Crippen LogP contribution in [0.4, 0.5) is 5.82 Å². The Balaban J connectivity index is 1.31. The van der Waals surface area contributed by atoms with Gasteiger partial charge in [-0.15, -0.1) is 0 Å². The van der Waals surface area contributed by atoms with E-state index < -0.39 is 0 Å². The van der Waals surface area contributed by atoms with Crippen molar-refractivity contribution in [3.05, 3.63) is 89.9 Å². The summed E-state index contributed by atoms with van der Waals surface area (Å²) in [7, 11) is 0. The Labute approximate surface area is 188 Å². The van der Waals surface area contributed by atoms with E-state index >= 15 is 0 Å². The number of anilines is 1. The second-order valence-corrected chi connectivity index (χ2v) is 8.15. The number of nitriles is 1. The molecule has 0 saturated carbocycles. The summed E-state index contributed by atoms with van der Waals surface area (Å²) < 4.78 is 0. The molecule has 162 valence electrons. The number of benzene rings is 2. The number of nitrogens with zero attached hydrogens (tertiary/aromatic N) is 4. The van der Waals surface area contributed by atoms with Crippen molar-refractivity contribution < 1.29 is 4.79 Å². The van der Waals surface area contributed by atoms with Gasteiger partial charge < -0.3 is 10.2 Å². The smallest absolute Gasteiger partial charge is 0.220 e. The lowest BCUT2D eigenvalue weighted by Crippen LogP contribution is -2.39. The van der Waals surface area contributed by atoms with Crippen molar-refractivity contribution in [3.8, 4) is 6.07 Å². The van der Waals surface area contributed by atoms with Gasteiger partial charge >= 0.3 is 0 Å². The van der Waals surface area contributed by atoms with Gasteiger partial charge in [-0.05, 0) is 29.9 Å². The molecule has 1 aliphatic rings. The molecule has 2 heterocycles. The van der Waals surface area contributed by atoms with Crippen LogP contribution in [0.25, 0.3) is 0 Å². The molecule has 32 heavy (non-hydrogen) atoms. The predicted octanol–water partition coefficient (Wildman–Crippen LogP) is 3.90. The zero-order valence-electron chi connectivity index (χ0n) is 18.0. The van der Waals surface area contributed by atoms with Crippen LogP contribution in [0.15, 0.2) is 73.1 Å². The van der Waals surface area contributed by atoms with Crippen molar-refractivity contribution >= 4 is 11.7 Å². The molecule has 3 aromatic rings. The maximum Gasteiger partial charge on any atom is 0.220 e. The van der Waals surface area contributed by atoms with Crippen LogP contribution in [-0.2, 0) is 4.79 Å².